The normalized spacial score (nSPS) is 10.8. The highest BCUT2D eigenvalue weighted by molar-refractivity contribution is 14.0. The first-order valence-corrected chi connectivity index (χ1v) is 10.5. The maximum absolute atomic E-state index is 12.5. The van der Waals surface area contributed by atoms with Crippen molar-refractivity contribution in [3.63, 3.8) is 0 Å². The molecule has 0 aliphatic heterocycles. The first-order chi connectivity index (χ1) is 14.5. The van der Waals surface area contributed by atoms with Gasteiger partial charge < -0.3 is 19.9 Å². The van der Waals surface area contributed by atoms with Gasteiger partial charge in [-0.1, -0.05) is 30.3 Å². The van der Waals surface area contributed by atoms with E-state index in [2.05, 4.69) is 23.2 Å². The number of nitrogens with one attached hydrogen (secondary N) is 1. The number of rotatable bonds is 9. The minimum atomic E-state index is 0. The van der Waals surface area contributed by atoms with E-state index >= 15 is 0 Å². The number of nitrogens with zero attached hydrogens (tertiary/aromatic N) is 3. The molecule has 2 aromatic rings. The van der Waals surface area contributed by atoms with E-state index in [1.165, 1.54) is 0 Å². The van der Waals surface area contributed by atoms with E-state index in [1.54, 1.807) is 7.11 Å². The minimum Gasteiger partial charge on any atom is -0.496 e. The standard InChI is InChI=1S/C24H34N4O2.HI/c1-6-25-24(27(4)18-21-11-9-10-12-22(21)30-5)26-17-19-13-15-20(16-14-19)23(29)28(7-2)8-3;/h9-16H,6-8,17-18H2,1-5H3,(H,25,26);1H. The summed E-state index contributed by atoms with van der Waals surface area (Å²) in [6, 6.07) is 15.7. The molecule has 0 radical (unpaired) electrons. The van der Waals surface area contributed by atoms with Crippen molar-refractivity contribution in [3.8, 4) is 5.75 Å². The van der Waals surface area contributed by atoms with Crippen LogP contribution in [0.1, 0.15) is 42.3 Å². The molecular weight excluding hydrogens is 503 g/mol. The lowest BCUT2D eigenvalue weighted by molar-refractivity contribution is 0.0773. The highest BCUT2D eigenvalue weighted by Crippen LogP contribution is 2.19. The van der Waals surface area contributed by atoms with Crippen molar-refractivity contribution in [2.75, 3.05) is 33.8 Å². The Labute approximate surface area is 203 Å². The number of ether oxygens (including phenoxy) is 1. The quantitative estimate of drug-likeness (QED) is 0.292. The maximum atomic E-state index is 12.5. The van der Waals surface area contributed by atoms with Crippen molar-refractivity contribution < 1.29 is 9.53 Å². The maximum Gasteiger partial charge on any atom is 0.253 e. The van der Waals surface area contributed by atoms with Gasteiger partial charge in [-0.05, 0) is 44.5 Å². The second kappa shape index (κ2) is 13.9. The van der Waals surface area contributed by atoms with E-state index in [0.717, 1.165) is 29.4 Å². The monoisotopic (exact) mass is 538 g/mol. The molecule has 170 valence electrons. The Hall–Kier alpha value is -2.29. The van der Waals surface area contributed by atoms with Crippen molar-refractivity contribution in [2.24, 2.45) is 4.99 Å². The largest absolute Gasteiger partial charge is 0.496 e. The molecule has 0 spiro atoms. The molecule has 0 heterocycles. The summed E-state index contributed by atoms with van der Waals surface area (Å²) in [5.41, 5.74) is 2.88. The minimum absolute atomic E-state index is 0. The molecule has 0 fully saturated rings. The van der Waals surface area contributed by atoms with Gasteiger partial charge in [-0.15, -0.1) is 24.0 Å². The Morgan fingerprint density at radius 2 is 1.68 bits per heavy atom. The van der Waals surface area contributed by atoms with Crippen LogP contribution >= 0.6 is 24.0 Å². The summed E-state index contributed by atoms with van der Waals surface area (Å²) in [7, 11) is 3.70. The van der Waals surface area contributed by atoms with Crippen LogP contribution in [0.15, 0.2) is 53.5 Å². The summed E-state index contributed by atoms with van der Waals surface area (Å²) < 4.78 is 5.46. The van der Waals surface area contributed by atoms with Gasteiger partial charge in [0.25, 0.3) is 5.91 Å². The Balaban J connectivity index is 0.00000480. The lowest BCUT2D eigenvalue weighted by atomic mass is 10.1. The molecule has 1 amide bonds. The molecule has 31 heavy (non-hydrogen) atoms. The van der Waals surface area contributed by atoms with Crippen LogP contribution in [0, 0.1) is 0 Å². The molecule has 6 nitrogen and oxygen atoms in total. The Morgan fingerprint density at radius 3 is 2.26 bits per heavy atom. The topological polar surface area (TPSA) is 57.2 Å². The molecule has 7 heteroatoms. The third-order valence-corrected chi connectivity index (χ3v) is 4.96. The number of methoxy groups -OCH3 is 1. The molecule has 0 saturated carbocycles. The van der Waals surface area contributed by atoms with Crippen LogP contribution in [0.4, 0.5) is 0 Å². The smallest absolute Gasteiger partial charge is 0.253 e. The van der Waals surface area contributed by atoms with Crippen molar-refractivity contribution in [2.45, 2.75) is 33.9 Å². The first-order valence-electron chi connectivity index (χ1n) is 10.5. The molecule has 0 unspecified atom stereocenters. The number of para-hydroxylation sites is 1. The second-order valence-corrected chi connectivity index (χ2v) is 7.01. The summed E-state index contributed by atoms with van der Waals surface area (Å²) in [5, 5.41) is 3.34. The third-order valence-electron chi connectivity index (χ3n) is 4.96. The zero-order chi connectivity index (χ0) is 21.9. The van der Waals surface area contributed by atoms with Crippen LogP contribution in [0.3, 0.4) is 0 Å². The van der Waals surface area contributed by atoms with Crippen molar-refractivity contribution in [1.29, 1.82) is 0 Å². The number of hydrogen-bond donors (Lipinski definition) is 1. The fraction of sp³-hybridized carbons (Fsp3) is 0.417. The van der Waals surface area contributed by atoms with E-state index < -0.39 is 0 Å². The zero-order valence-corrected chi connectivity index (χ0v) is 21.6. The van der Waals surface area contributed by atoms with Gasteiger partial charge in [-0.25, -0.2) is 4.99 Å². The highest BCUT2D eigenvalue weighted by Gasteiger charge is 2.12. The summed E-state index contributed by atoms with van der Waals surface area (Å²) in [6.07, 6.45) is 0. The van der Waals surface area contributed by atoms with Crippen LogP contribution in [0.2, 0.25) is 0 Å². The van der Waals surface area contributed by atoms with Crippen molar-refractivity contribution in [3.05, 3.63) is 65.2 Å². The number of hydrogen-bond acceptors (Lipinski definition) is 3. The number of carbonyl (C=O) groups is 1. The van der Waals surface area contributed by atoms with Gasteiger partial charge in [0.2, 0.25) is 0 Å². The van der Waals surface area contributed by atoms with Gasteiger partial charge in [0.1, 0.15) is 5.75 Å². The molecule has 2 rings (SSSR count). The number of aliphatic imine (C=N–C) groups is 1. The predicted octanol–water partition coefficient (Wildman–Crippen LogP) is 4.39. The lowest BCUT2D eigenvalue weighted by Crippen LogP contribution is -2.38. The number of benzene rings is 2. The summed E-state index contributed by atoms with van der Waals surface area (Å²) in [4.78, 5) is 21.1. The van der Waals surface area contributed by atoms with Crippen LogP contribution in [-0.2, 0) is 13.1 Å². The molecule has 0 atom stereocenters. The van der Waals surface area contributed by atoms with E-state index in [9.17, 15) is 4.79 Å². The Bertz CT molecular complexity index is 836. The Morgan fingerprint density at radius 1 is 1.03 bits per heavy atom. The molecule has 0 aliphatic carbocycles. The van der Waals surface area contributed by atoms with Crippen LogP contribution in [0.25, 0.3) is 0 Å². The molecular formula is C24H35IN4O2. The van der Waals surface area contributed by atoms with Crippen molar-refractivity contribution >= 4 is 35.8 Å². The van der Waals surface area contributed by atoms with Crippen LogP contribution in [0.5, 0.6) is 5.75 Å². The summed E-state index contributed by atoms with van der Waals surface area (Å²) >= 11 is 0. The lowest BCUT2D eigenvalue weighted by Gasteiger charge is -2.23. The number of amides is 1. The van der Waals surface area contributed by atoms with E-state index in [0.29, 0.717) is 31.7 Å². The average molecular weight is 538 g/mol. The fourth-order valence-corrected chi connectivity index (χ4v) is 3.25. The third kappa shape index (κ3) is 7.72. The summed E-state index contributed by atoms with van der Waals surface area (Å²) in [6.45, 7) is 9.48. The number of guanidine groups is 1. The van der Waals surface area contributed by atoms with E-state index in [-0.39, 0.29) is 29.9 Å². The van der Waals surface area contributed by atoms with Crippen LogP contribution in [-0.4, -0.2) is 55.5 Å². The van der Waals surface area contributed by atoms with Gasteiger partial charge in [0.15, 0.2) is 5.96 Å². The van der Waals surface area contributed by atoms with Gasteiger partial charge in [-0.2, -0.15) is 0 Å². The average Bonchev–Trinajstić information content (AvgIpc) is 2.78. The predicted molar refractivity (Wildman–Crippen MR) is 138 cm³/mol. The fourth-order valence-electron chi connectivity index (χ4n) is 3.25. The number of carbonyl (C=O) groups excluding carboxylic acids is 1. The first kappa shape index (κ1) is 26.7. The van der Waals surface area contributed by atoms with E-state index in [4.69, 9.17) is 9.73 Å². The van der Waals surface area contributed by atoms with E-state index in [1.807, 2.05) is 68.3 Å². The van der Waals surface area contributed by atoms with Crippen molar-refractivity contribution in [1.82, 2.24) is 15.1 Å². The zero-order valence-electron chi connectivity index (χ0n) is 19.2. The molecule has 0 aromatic heterocycles. The molecule has 0 bridgehead atoms. The summed E-state index contributed by atoms with van der Waals surface area (Å²) in [5.74, 6) is 1.76. The second-order valence-electron chi connectivity index (χ2n) is 7.01. The van der Waals surface area contributed by atoms with Crippen LogP contribution < -0.4 is 10.1 Å². The Kier molecular flexibility index (Phi) is 12.0. The molecule has 2 aromatic carbocycles. The van der Waals surface area contributed by atoms with Gasteiger partial charge >= 0.3 is 0 Å². The molecule has 1 N–H and O–H groups in total. The molecule has 0 saturated heterocycles. The molecule has 0 aliphatic rings. The highest BCUT2D eigenvalue weighted by atomic mass is 127. The SMILES string of the molecule is CCNC(=NCc1ccc(C(=O)N(CC)CC)cc1)N(C)Cc1ccccc1OC.I. The van der Waals surface area contributed by atoms with Gasteiger partial charge in [-0.3, -0.25) is 4.79 Å². The number of halogens is 1. The van der Waals surface area contributed by atoms with Gasteiger partial charge in [0.05, 0.1) is 13.7 Å². The van der Waals surface area contributed by atoms with Gasteiger partial charge in [0, 0.05) is 44.4 Å².